The molecule has 7 heteroatoms. The van der Waals surface area contributed by atoms with Crippen LogP contribution in [0.1, 0.15) is 0 Å². The largest absolute Gasteiger partial charge is 0.376 e. The number of nitrogens with one attached hydrogen (secondary N) is 2. The highest BCUT2D eigenvalue weighted by Gasteiger charge is 2.14. The van der Waals surface area contributed by atoms with E-state index in [1.54, 1.807) is 18.2 Å². The predicted octanol–water partition coefficient (Wildman–Crippen LogP) is 4.01. The number of halogens is 1. The van der Waals surface area contributed by atoms with Gasteiger partial charge in [-0.1, -0.05) is 58.4 Å². The summed E-state index contributed by atoms with van der Waals surface area (Å²) < 4.78 is 2.16. The van der Waals surface area contributed by atoms with Gasteiger partial charge in [-0.25, -0.2) is 4.98 Å². The fourth-order valence-corrected chi connectivity index (χ4v) is 3.20. The predicted molar refractivity (Wildman–Crippen MR) is 118 cm³/mol. The highest BCUT2D eigenvalue weighted by atomic mass is 79.9. The molecule has 0 bridgehead atoms. The molecule has 2 N–H and O–H groups in total. The van der Waals surface area contributed by atoms with Crippen LogP contribution in [0, 0.1) is 0 Å². The van der Waals surface area contributed by atoms with Crippen molar-refractivity contribution in [1.82, 2.24) is 9.66 Å². The van der Waals surface area contributed by atoms with Gasteiger partial charge >= 0.3 is 0 Å². The maximum atomic E-state index is 13.1. The van der Waals surface area contributed by atoms with Gasteiger partial charge in [-0.2, -0.15) is 4.68 Å². The molecule has 6 nitrogen and oxygen atoms in total. The van der Waals surface area contributed by atoms with Crippen LogP contribution < -0.4 is 16.3 Å². The molecule has 0 aliphatic rings. The smallest absolute Gasteiger partial charge is 0.280 e. The number of amides is 1. The van der Waals surface area contributed by atoms with Gasteiger partial charge < -0.3 is 5.32 Å². The normalized spacial score (nSPS) is 10.7. The van der Waals surface area contributed by atoms with E-state index < -0.39 is 0 Å². The van der Waals surface area contributed by atoms with Crippen molar-refractivity contribution in [3.05, 3.63) is 93.7 Å². The Labute approximate surface area is 175 Å². The molecule has 0 spiro atoms. The lowest BCUT2D eigenvalue weighted by Gasteiger charge is -2.15. The van der Waals surface area contributed by atoms with Crippen molar-refractivity contribution in [1.29, 1.82) is 0 Å². The van der Waals surface area contributed by atoms with E-state index in [1.165, 1.54) is 4.68 Å². The molecule has 0 unspecified atom stereocenters. The van der Waals surface area contributed by atoms with Crippen LogP contribution in [0.25, 0.3) is 22.3 Å². The average molecular weight is 449 g/mol. The van der Waals surface area contributed by atoms with Gasteiger partial charge in [0.05, 0.1) is 17.4 Å². The Hall–Kier alpha value is -3.45. The molecular weight excluding hydrogens is 432 g/mol. The summed E-state index contributed by atoms with van der Waals surface area (Å²) >= 11 is 3.38. The molecule has 0 saturated carbocycles. The fraction of sp³-hybridized carbons (Fsp3) is 0.0455. The van der Waals surface area contributed by atoms with Gasteiger partial charge in [0.15, 0.2) is 5.82 Å². The molecule has 29 heavy (non-hydrogen) atoms. The third-order valence-electron chi connectivity index (χ3n) is 4.34. The van der Waals surface area contributed by atoms with Crippen LogP contribution in [0.5, 0.6) is 0 Å². The second-order valence-electron chi connectivity index (χ2n) is 6.35. The molecule has 144 valence electrons. The number of rotatable bonds is 5. The molecule has 0 saturated heterocycles. The molecule has 3 aromatic carbocycles. The summed E-state index contributed by atoms with van der Waals surface area (Å²) in [6, 6.07) is 23.8. The molecule has 0 aliphatic carbocycles. The first-order valence-electron chi connectivity index (χ1n) is 8.98. The first-order chi connectivity index (χ1) is 14.1. The van der Waals surface area contributed by atoms with Crippen molar-refractivity contribution in [2.75, 3.05) is 17.3 Å². The van der Waals surface area contributed by atoms with Crippen molar-refractivity contribution in [2.24, 2.45) is 0 Å². The topological polar surface area (TPSA) is 76.0 Å². The molecule has 4 rings (SSSR count). The van der Waals surface area contributed by atoms with E-state index in [0.29, 0.717) is 16.7 Å². The summed E-state index contributed by atoms with van der Waals surface area (Å²) in [7, 11) is 0. The number of carbonyl (C=O) groups excluding carboxylic acids is 1. The van der Waals surface area contributed by atoms with E-state index in [-0.39, 0.29) is 18.0 Å². The quantitative estimate of drug-likeness (QED) is 0.483. The van der Waals surface area contributed by atoms with Crippen LogP contribution in [0.15, 0.2) is 88.1 Å². The minimum absolute atomic E-state index is 0.00906. The van der Waals surface area contributed by atoms with Gasteiger partial charge in [-0.3, -0.25) is 15.0 Å². The van der Waals surface area contributed by atoms with Gasteiger partial charge in [-0.15, -0.1) is 0 Å². The second kappa shape index (κ2) is 8.28. The molecular formula is C22H17BrN4O2. The number of para-hydroxylation sites is 1. The van der Waals surface area contributed by atoms with Gasteiger partial charge in [0, 0.05) is 15.7 Å². The summed E-state index contributed by atoms with van der Waals surface area (Å²) in [6.45, 7) is 0.00906. The van der Waals surface area contributed by atoms with Gasteiger partial charge in [-0.05, 0) is 36.4 Å². The molecule has 0 aliphatic heterocycles. The number of fused-ring (bicyclic) bond motifs is 1. The van der Waals surface area contributed by atoms with Crippen molar-refractivity contribution >= 4 is 38.4 Å². The number of aromatic nitrogens is 2. The van der Waals surface area contributed by atoms with Gasteiger partial charge in [0.1, 0.15) is 0 Å². The van der Waals surface area contributed by atoms with E-state index in [4.69, 9.17) is 0 Å². The highest BCUT2D eigenvalue weighted by Crippen LogP contribution is 2.18. The fourth-order valence-electron chi connectivity index (χ4n) is 2.93. The first kappa shape index (κ1) is 18.9. The third kappa shape index (κ3) is 4.20. The van der Waals surface area contributed by atoms with Crippen LogP contribution in [-0.2, 0) is 4.79 Å². The molecule has 0 fully saturated rings. The Morgan fingerprint density at radius 1 is 0.931 bits per heavy atom. The molecule has 0 atom stereocenters. The Kier molecular flexibility index (Phi) is 5.39. The average Bonchev–Trinajstić information content (AvgIpc) is 2.76. The molecule has 1 aromatic heterocycles. The zero-order valence-corrected chi connectivity index (χ0v) is 16.9. The Morgan fingerprint density at radius 2 is 1.62 bits per heavy atom. The van der Waals surface area contributed by atoms with Crippen molar-refractivity contribution in [2.45, 2.75) is 0 Å². The standard InChI is InChI=1S/C22H17BrN4O2/c23-16-10-12-17(13-11-16)24-14-20(28)26-27-21(15-6-2-1-3-7-15)25-19-9-5-4-8-18(19)22(27)29/h1-13,24H,14H2,(H,26,28). The van der Waals surface area contributed by atoms with Gasteiger partial charge in [0.25, 0.3) is 11.5 Å². The molecule has 1 amide bonds. The summed E-state index contributed by atoms with van der Waals surface area (Å²) in [5, 5.41) is 3.48. The lowest BCUT2D eigenvalue weighted by molar-refractivity contribution is -0.115. The number of nitrogens with zero attached hydrogens (tertiary/aromatic N) is 2. The number of anilines is 1. The lowest BCUT2D eigenvalue weighted by Crippen LogP contribution is -2.37. The van der Waals surface area contributed by atoms with Crippen LogP contribution in [0.2, 0.25) is 0 Å². The SMILES string of the molecule is O=C(CNc1ccc(Br)cc1)Nn1c(-c2ccccc2)nc2ccccc2c1=O. The summed E-state index contributed by atoms with van der Waals surface area (Å²) in [5.41, 5.74) is 4.47. The van der Waals surface area contributed by atoms with E-state index in [2.05, 4.69) is 31.7 Å². The minimum atomic E-state index is -0.357. The van der Waals surface area contributed by atoms with E-state index >= 15 is 0 Å². The Balaban J connectivity index is 1.66. The van der Waals surface area contributed by atoms with Crippen molar-refractivity contribution in [3.63, 3.8) is 0 Å². The zero-order chi connectivity index (χ0) is 20.2. The number of hydrogen-bond donors (Lipinski definition) is 2. The van der Waals surface area contributed by atoms with E-state index in [9.17, 15) is 9.59 Å². The summed E-state index contributed by atoms with van der Waals surface area (Å²) in [6.07, 6.45) is 0. The Morgan fingerprint density at radius 3 is 2.38 bits per heavy atom. The van der Waals surface area contributed by atoms with E-state index in [1.807, 2.05) is 60.7 Å². The van der Waals surface area contributed by atoms with Crippen LogP contribution in [0.3, 0.4) is 0 Å². The van der Waals surface area contributed by atoms with Crippen LogP contribution in [-0.4, -0.2) is 22.1 Å². The monoisotopic (exact) mass is 448 g/mol. The zero-order valence-electron chi connectivity index (χ0n) is 15.3. The minimum Gasteiger partial charge on any atom is -0.376 e. The summed E-state index contributed by atoms with van der Waals surface area (Å²) in [4.78, 5) is 30.2. The molecule has 1 heterocycles. The Bertz CT molecular complexity index is 1220. The van der Waals surface area contributed by atoms with Crippen molar-refractivity contribution < 1.29 is 4.79 Å². The van der Waals surface area contributed by atoms with Crippen LogP contribution in [0.4, 0.5) is 5.69 Å². The maximum absolute atomic E-state index is 13.1. The van der Waals surface area contributed by atoms with Crippen LogP contribution >= 0.6 is 15.9 Å². The second-order valence-corrected chi connectivity index (χ2v) is 7.27. The van der Waals surface area contributed by atoms with E-state index in [0.717, 1.165) is 15.7 Å². The first-order valence-corrected chi connectivity index (χ1v) is 9.77. The highest BCUT2D eigenvalue weighted by molar-refractivity contribution is 9.10. The number of carbonyl (C=O) groups is 1. The van der Waals surface area contributed by atoms with Crippen molar-refractivity contribution in [3.8, 4) is 11.4 Å². The molecule has 4 aromatic rings. The number of benzene rings is 3. The summed E-state index contributed by atoms with van der Waals surface area (Å²) in [5.74, 6) is 0.0237. The van der Waals surface area contributed by atoms with Gasteiger partial charge in [0.2, 0.25) is 0 Å². The molecule has 0 radical (unpaired) electrons. The maximum Gasteiger partial charge on any atom is 0.280 e. The lowest BCUT2D eigenvalue weighted by atomic mass is 10.2. The third-order valence-corrected chi connectivity index (χ3v) is 4.87. The number of hydrogen-bond acceptors (Lipinski definition) is 4.